The van der Waals surface area contributed by atoms with Crippen LogP contribution in [0.3, 0.4) is 0 Å². The summed E-state index contributed by atoms with van der Waals surface area (Å²) in [5.74, 6) is 1.64. The molecule has 2 nitrogen and oxygen atoms in total. The standard InChI is InChI=1S/C16H16O2/c1-11-7-13-9-17-15-5-3-4-6-16(15)18-10-14(13)8-12(11)2/h3-8H,9-10H2,1-2H3. The second-order valence-electron chi connectivity index (χ2n) is 4.73. The van der Waals surface area contributed by atoms with Gasteiger partial charge in [-0.05, 0) is 48.2 Å². The van der Waals surface area contributed by atoms with Crippen molar-refractivity contribution >= 4 is 0 Å². The molecule has 0 aliphatic carbocycles. The first-order valence-electron chi connectivity index (χ1n) is 6.17. The highest BCUT2D eigenvalue weighted by molar-refractivity contribution is 5.43. The van der Waals surface area contributed by atoms with E-state index in [2.05, 4.69) is 26.0 Å². The molecule has 0 radical (unpaired) electrons. The van der Waals surface area contributed by atoms with Gasteiger partial charge in [-0.1, -0.05) is 24.3 Å². The topological polar surface area (TPSA) is 18.5 Å². The average Bonchev–Trinajstić information content (AvgIpc) is 2.36. The van der Waals surface area contributed by atoms with E-state index in [0.717, 1.165) is 11.5 Å². The number of hydrogen-bond acceptors (Lipinski definition) is 2. The van der Waals surface area contributed by atoms with E-state index in [1.807, 2.05) is 24.3 Å². The van der Waals surface area contributed by atoms with Crippen LogP contribution >= 0.6 is 0 Å². The van der Waals surface area contributed by atoms with Crippen LogP contribution in [0.15, 0.2) is 36.4 Å². The first-order chi connectivity index (χ1) is 8.74. The van der Waals surface area contributed by atoms with Gasteiger partial charge in [0.15, 0.2) is 11.5 Å². The highest BCUT2D eigenvalue weighted by Crippen LogP contribution is 2.31. The molecule has 1 aliphatic rings. The molecule has 0 unspecified atom stereocenters. The van der Waals surface area contributed by atoms with E-state index >= 15 is 0 Å². The summed E-state index contributed by atoms with van der Waals surface area (Å²) in [6.45, 7) is 5.47. The van der Waals surface area contributed by atoms with Crippen molar-refractivity contribution in [3.05, 3.63) is 58.7 Å². The summed E-state index contributed by atoms with van der Waals surface area (Å²) in [6.07, 6.45) is 0. The fourth-order valence-corrected chi connectivity index (χ4v) is 2.20. The van der Waals surface area contributed by atoms with Crippen molar-refractivity contribution in [2.75, 3.05) is 0 Å². The van der Waals surface area contributed by atoms with Gasteiger partial charge in [0.1, 0.15) is 13.2 Å². The van der Waals surface area contributed by atoms with Gasteiger partial charge >= 0.3 is 0 Å². The third kappa shape index (κ3) is 1.94. The van der Waals surface area contributed by atoms with Crippen LogP contribution in [0, 0.1) is 13.8 Å². The summed E-state index contributed by atoms with van der Waals surface area (Å²) in [5, 5.41) is 0. The highest BCUT2D eigenvalue weighted by atomic mass is 16.5. The van der Waals surface area contributed by atoms with E-state index in [9.17, 15) is 0 Å². The quantitative estimate of drug-likeness (QED) is 0.697. The second kappa shape index (κ2) is 4.37. The van der Waals surface area contributed by atoms with Gasteiger partial charge in [0, 0.05) is 0 Å². The summed E-state index contributed by atoms with van der Waals surface area (Å²) in [7, 11) is 0. The zero-order valence-electron chi connectivity index (χ0n) is 10.7. The van der Waals surface area contributed by atoms with Crippen molar-refractivity contribution in [1.29, 1.82) is 0 Å². The third-order valence-electron chi connectivity index (χ3n) is 3.43. The lowest BCUT2D eigenvalue weighted by atomic mass is 10.0. The lowest BCUT2D eigenvalue weighted by Crippen LogP contribution is -2.09. The summed E-state index contributed by atoms with van der Waals surface area (Å²) in [6, 6.07) is 12.2. The van der Waals surface area contributed by atoms with E-state index in [1.54, 1.807) is 0 Å². The van der Waals surface area contributed by atoms with Crippen molar-refractivity contribution in [3.8, 4) is 11.5 Å². The van der Waals surface area contributed by atoms with Crippen LogP contribution < -0.4 is 9.47 Å². The highest BCUT2D eigenvalue weighted by Gasteiger charge is 2.13. The van der Waals surface area contributed by atoms with Gasteiger partial charge in [0.25, 0.3) is 0 Å². The minimum atomic E-state index is 0.608. The van der Waals surface area contributed by atoms with Crippen LogP contribution in [0.2, 0.25) is 0 Å². The van der Waals surface area contributed by atoms with Crippen LogP contribution in [0.1, 0.15) is 22.3 Å². The lowest BCUT2D eigenvalue weighted by molar-refractivity contribution is 0.237. The summed E-state index contributed by atoms with van der Waals surface area (Å²) in [5.41, 5.74) is 5.03. The predicted octanol–water partition coefficient (Wildman–Crippen LogP) is 3.77. The van der Waals surface area contributed by atoms with Crippen molar-refractivity contribution < 1.29 is 9.47 Å². The van der Waals surface area contributed by atoms with Gasteiger partial charge in [-0.2, -0.15) is 0 Å². The maximum absolute atomic E-state index is 5.82. The van der Waals surface area contributed by atoms with E-state index < -0.39 is 0 Å². The molecule has 0 bridgehead atoms. The third-order valence-corrected chi connectivity index (χ3v) is 3.43. The van der Waals surface area contributed by atoms with Gasteiger partial charge < -0.3 is 9.47 Å². The van der Waals surface area contributed by atoms with Gasteiger partial charge in [0.05, 0.1) is 0 Å². The monoisotopic (exact) mass is 240 g/mol. The molecule has 1 heterocycles. The van der Waals surface area contributed by atoms with E-state index in [-0.39, 0.29) is 0 Å². The molecule has 0 saturated heterocycles. The molecule has 2 aromatic rings. The van der Waals surface area contributed by atoms with Gasteiger partial charge in [-0.3, -0.25) is 0 Å². The van der Waals surface area contributed by atoms with Crippen molar-refractivity contribution in [3.63, 3.8) is 0 Å². The normalized spacial score (nSPS) is 13.4. The molecule has 92 valence electrons. The maximum atomic E-state index is 5.82. The Hall–Kier alpha value is -1.96. The molecule has 0 aromatic heterocycles. The van der Waals surface area contributed by atoms with Gasteiger partial charge in [0.2, 0.25) is 0 Å². The molecule has 2 aromatic carbocycles. The Morgan fingerprint density at radius 3 is 1.67 bits per heavy atom. The Morgan fingerprint density at radius 1 is 0.778 bits per heavy atom. The second-order valence-corrected chi connectivity index (χ2v) is 4.73. The minimum absolute atomic E-state index is 0.608. The first kappa shape index (κ1) is 11.1. The molecule has 0 spiro atoms. The zero-order valence-corrected chi connectivity index (χ0v) is 10.7. The van der Waals surface area contributed by atoms with Gasteiger partial charge in [-0.15, -0.1) is 0 Å². The number of para-hydroxylation sites is 2. The predicted molar refractivity (Wildman–Crippen MR) is 71.0 cm³/mol. The van der Waals surface area contributed by atoms with Crippen LogP contribution in [-0.2, 0) is 13.2 Å². The Kier molecular flexibility index (Phi) is 2.71. The molecule has 0 amide bonds. The molecular formula is C16H16O2. The SMILES string of the molecule is Cc1cc2c(cc1C)COc1ccccc1OC2. The van der Waals surface area contributed by atoms with Crippen LogP contribution in [0.4, 0.5) is 0 Å². The zero-order chi connectivity index (χ0) is 12.5. The van der Waals surface area contributed by atoms with Gasteiger partial charge in [-0.25, -0.2) is 0 Å². The Bertz CT molecular complexity index is 536. The molecule has 2 heteroatoms. The number of rotatable bonds is 0. The van der Waals surface area contributed by atoms with Crippen LogP contribution in [-0.4, -0.2) is 0 Å². The van der Waals surface area contributed by atoms with Crippen LogP contribution in [0.25, 0.3) is 0 Å². The van der Waals surface area contributed by atoms with E-state index in [4.69, 9.17) is 9.47 Å². The molecule has 3 rings (SSSR count). The lowest BCUT2D eigenvalue weighted by Gasteiger charge is -2.20. The van der Waals surface area contributed by atoms with Crippen molar-refractivity contribution in [1.82, 2.24) is 0 Å². The Labute approximate surface area is 107 Å². The number of benzene rings is 2. The molecule has 0 N–H and O–H groups in total. The average molecular weight is 240 g/mol. The van der Waals surface area contributed by atoms with E-state index in [1.165, 1.54) is 22.3 Å². The number of ether oxygens (including phenoxy) is 2. The van der Waals surface area contributed by atoms with Crippen molar-refractivity contribution in [2.45, 2.75) is 27.1 Å². The van der Waals surface area contributed by atoms with Crippen LogP contribution in [0.5, 0.6) is 11.5 Å². The maximum Gasteiger partial charge on any atom is 0.161 e. The molecular weight excluding hydrogens is 224 g/mol. The summed E-state index contributed by atoms with van der Waals surface area (Å²) >= 11 is 0. The largest absolute Gasteiger partial charge is 0.485 e. The Morgan fingerprint density at radius 2 is 1.22 bits per heavy atom. The molecule has 0 fully saturated rings. The Balaban J connectivity index is 1.99. The number of hydrogen-bond donors (Lipinski definition) is 0. The minimum Gasteiger partial charge on any atom is -0.485 e. The molecule has 1 aliphatic heterocycles. The molecule has 18 heavy (non-hydrogen) atoms. The number of fused-ring (bicyclic) bond motifs is 2. The molecule has 0 saturated carbocycles. The fourth-order valence-electron chi connectivity index (χ4n) is 2.20. The van der Waals surface area contributed by atoms with Crippen molar-refractivity contribution in [2.24, 2.45) is 0 Å². The first-order valence-corrected chi connectivity index (χ1v) is 6.17. The summed E-state index contributed by atoms with van der Waals surface area (Å²) < 4.78 is 11.6. The smallest absolute Gasteiger partial charge is 0.161 e. The number of aryl methyl sites for hydroxylation is 2. The fraction of sp³-hybridized carbons (Fsp3) is 0.250. The summed E-state index contributed by atoms with van der Waals surface area (Å²) in [4.78, 5) is 0. The van der Waals surface area contributed by atoms with E-state index in [0.29, 0.717) is 13.2 Å². The molecule has 0 atom stereocenters.